The molecule has 0 aromatic heterocycles. The van der Waals surface area contributed by atoms with Crippen LogP contribution < -0.4 is 0 Å². The highest BCUT2D eigenvalue weighted by molar-refractivity contribution is 6.30. The van der Waals surface area contributed by atoms with Crippen LogP contribution in [0.15, 0.2) is 36.1 Å². The van der Waals surface area contributed by atoms with Crippen LogP contribution in [0.4, 0.5) is 8.78 Å². The minimum absolute atomic E-state index is 0.0243. The van der Waals surface area contributed by atoms with Crippen LogP contribution in [0.5, 0.6) is 0 Å². The Labute approximate surface area is 162 Å². The number of allylic oxidation sites excluding steroid dienone is 2. The van der Waals surface area contributed by atoms with Crippen molar-refractivity contribution in [3.8, 4) is 11.1 Å². The van der Waals surface area contributed by atoms with Crippen LogP contribution in [0.2, 0.25) is 5.02 Å². The number of ketones is 1. The number of aliphatic hydroxyl groups is 1. The maximum atomic E-state index is 14.4. The lowest BCUT2D eigenvalue weighted by Gasteiger charge is -2.31. The summed E-state index contributed by atoms with van der Waals surface area (Å²) in [5.74, 6) is -1.68. The topological polar surface area (TPSA) is 37.3 Å². The Balaban J connectivity index is 2.27. The molecule has 1 aliphatic carbocycles. The molecule has 27 heavy (non-hydrogen) atoms. The van der Waals surface area contributed by atoms with Gasteiger partial charge in [-0.15, -0.1) is 0 Å². The van der Waals surface area contributed by atoms with Crippen LogP contribution in [0.25, 0.3) is 16.7 Å². The van der Waals surface area contributed by atoms with Gasteiger partial charge in [-0.05, 0) is 47.7 Å². The number of carbonyl (C=O) groups is 1. The number of aryl methyl sites for hydroxylation is 1. The van der Waals surface area contributed by atoms with Gasteiger partial charge in [0.2, 0.25) is 0 Å². The lowest BCUT2D eigenvalue weighted by atomic mass is 9.74. The summed E-state index contributed by atoms with van der Waals surface area (Å²) in [7, 11) is 0. The van der Waals surface area contributed by atoms with Crippen molar-refractivity contribution >= 4 is 23.0 Å². The number of halogens is 3. The standard InChI is InChI=1S/C22H21ClF2O2/c1-4-12-5-6-13(19-16(24)10-14(23)11-17(19)25)9-15(12)20-18(26)7-8-22(2,3)21(20)27/h5-6,9-11,27H,4,7-8H2,1-3H3. The van der Waals surface area contributed by atoms with Gasteiger partial charge in [0.1, 0.15) is 17.4 Å². The molecule has 0 atom stereocenters. The minimum Gasteiger partial charge on any atom is -0.511 e. The van der Waals surface area contributed by atoms with E-state index >= 15 is 0 Å². The van der Waals surface area contributed by atoms with E-state index in [1.54, 1.807) is 18.2 Å². The minimum atomic E-state index is -0.774. The molecule has 0 heterocycles. The van der Waals surface area contributed by atoms with Gasteiger partial charge in [-0.25, -0.2) is 8.78 Å². The molecule has 0 aliphatic heterocycles. The number of carbonyl (C=O) groups excluding carboxylic acids is 1. The van der Waals surface area contributed by atoms with Crippen molar-refractivity contribution in [2.75, 3.05) is 0 Å². The van der Waals surface area contributed by atoms with E-state index in [0.717, 1.165) is 17.7 Å². The van der Waals surface area contributed by atoms with Crippen LogP contribution in [0.3, 0.4) is 0 Å². The van der Waals surface area contributed by atoms with Crippen molar-refractivity contribution in [3.05, 3.63) is 63.9 Å². The summed E-state index contributed by atoms with van der Waals surface area (Å²) < 4.78 is 28.8. The van der Waals surface area contributed by atoms with Crippen molar-refractivity contribution in [2.24, 2.45) is 5.41 Å². The Morgan fingerprint density at radius 1 is 1.15 bits per heavy atom. The number of benzene rings is 2. The highest BCUT2D eigenvalue weighted by Gasteiger charge is 2.35. The van der Waals surface area contributed by atoms with Crippen molar-refractivity contribution in [2.45, 2.75) is 40.0 Å². The van der Waals surface area contributed by atoms with Gasteiger partial charge in [-0.2, -0.15) is 0 Å². The van der Waals surface area contributed by atoms with E-state index in [1.165, 1.54) is 0 Å². The predicted octanol–water partition coefficient (Wildman–Crippen LogP) is 6.51. The molecule has 0 unspecified atom stereocenters. The Bertz CT molecular complexity index is 938. The first kappa shape index (κ1) is 19.6. The second-order valence-electron chi connectivity index (χ2n) is 7.50. The molecule has 2 nitrogen and oxygen atoms in total. The summed E-state index contributed by atoms with van der Waals surface area (Å²) in [6.07, 6.45) is 1.50. The summed E-state index contributed by atoms with van der Waals surface area (Å²) >= 11 is 5.71. The molecule has 0 spiro atoms. The molecule has 3 rings (SSSR count). The highest BCUT2D eigenvalue weighted by atomic mass is 35.5. The summed E-state index contributed by atoms with van der Waals surface area (Å²) in [5, 5.41) is 10.7. The van der Waals surface area contributed by atoms with Gasteiger partial charge in [0.05, 0.1) is 11.1 Å². The fourth-order valence-electron chi connectivity index (χ4n) is 3.51. The van der Waals surface area contributed by atoms with Crippen LogP contribution in [-0.4, -0.2) is 10.9 Å². The van der Waals surface area contributed by atoms with Crippen molar-refractivity contribution in [1.29, 1.82) is 0 Å². The lowest BCUT2D eigenvalue weighted by Crippen LogP contribution is -2.25. The zero-order chi connectivity index (χ0) is 19.9. The molecule has 2 aromatic carbocycles. The largest absolute Gasteiger partial charge is 0.511 e. The van der Waals surface area contributed by atoms with E-state index in [0.29, 0.717) is 30.4 Å². The molecular formula is C22H21ClF2O2. The van der Waals surface area contributed by atoms with Crippen LogP contribution in [0, 0.1) is 17.0 Å². The average molecular weight is 391 g/mol. The van der Waals surface area contributed by atoms with Gasteiger partial charge >= 0.3 is 0 Å². The van der Waals surface area contributed by atoms with Gasteiger partial charge in [0.25, 0.3) is 0 Å². The van der Waals surface area contributed by atoms with E-state index in [1.807, 2.05) is 20.8 Å². The second kappa shape index (κ2) is 7.08. The quantitative estimate of drug-likeness (QED) is 0.648. The fraction of sp³-hybridized carbons (Fsp3) is 0.318. The molecule has 1 aliphatic rings. The third-order valence-electron chi connectivity index (χ3n) is 5.19. The molecule has 0 fully saturated rings. The molecule has 0 saturated heterocycles. The van der Waals surface area contributed by atoms with Crippen molar-refractivity contribution in [3.63, 3.8) is 0 Å². The Morgan fingerprint density at radius 2 is 1.78 bits per heavy atom. The van der Waals surface area contributed by atoms with Crippen molar-refractivity contribution in [1.82, 2.24) is 0 Å². The second-order valence-corrected chi connectivity index (χ2v) is 7.94. The summed E-state index contributed by atoms with van der Waals surface area (Å²) in [6, 6.07) is 7.05. The van der Waals surface area contributed by atoms with Gasteiger partial charge < -0.3 is 5.11 Å². The first-order valence-electron chi connectivity index (χ1n) is 8.91. The molecule has 142 valence electrons. The SMILES string of the molecule is CCc1ccc(-c2c(F)cc(Cl)cc2F)cc1C1=C(O)C(C)(C)CCC1=O. The molecule has 1 N–H and O–H groups in total. The maximum absolute atomic E-state index is 14.4. The summed E-state index contributed by atoms with van der Waals surface area (Å²) in [6.45, 7) is 5.68. The van der Waals surface area contributed by atoms with Crippen LogP contribution >= 0.6 is 11.6 Å². The summed E-state index contributed by atoms with van der Waals surface area (Å²) in [5.41, 5.74) is 1.18. The first-order valence-corrected chi connectivity index (χ1v) is 9.28. The Hall–Kier alpha value is -2.20. The summed E-state index contributed by atoms with van der Waals surface area (Å²) in [4.78, 5) is 12.6. The van der Waals surface area contributed by atoms with Gasteiger partial charge in [0.15, 0.2) is 5.78 Å². The van der Waals surface area contributed by atoms with Crippen molar-refractivity contribution < 1.29 is 18.7 Å². The van der Waals surface area contributed by atoms with E-state index in [4.69, 9.17) is 11.6 Å². The third kappa shape index (κ3) is 3.51. The Kier molecular flexibility index (Phi) is 5.13. The molecule has 0 radical (unpaired) electrons. The number of rotatable bonds is 3. The van der Waals surface area contributed by atoms with E-state index < -0.39 is 17.0 Å². The smallest absolute Gasteiger partial charge is 0.166 e. The normalized spacial score (nSPS) is 16.7. The lowest BCUT2D eigenvalue weighted by molar-refractivity contribution is -0.115. The number of hydrogen-bond donors (Lipinski definition) is 1. The van der Waals surface area contributed by atoms with Crippen LogP contribution in [-0.2, 0) is 11.2 Å². The van der Waals surface area contributed by atoms with Gasteiger partial charge in [0, 0.05) is 16.9 Å². The number of Topliss-reactive ketones (excluding diaryl/α,β-unsaturated/α-hetero) is 1. The molecule has 0 amide bonds. The number of hydrogen-bond acceptors (Lipinski definition) is 2. The van der Waals surface area contributed by atoms with Gasteiger partial charge in [-0.3, -0.25) is 4.79 Å². The average Bonchev–Trinajstić information content (AvgIpc) is 2.58. The first-order chi connectivity index (χ1) is 12.7. The zero-order valence-electron chi connectivity index (χ0n) is 15.5. The zero-order valence-corrected chi connectivity index (χ0v) is 16.3. The van der Waals surface area contributed by atoms with Crippen LogP contribution in [0.1, 0.15) is 44.7 Å². The highest BCUT2D eigenvalue weighted by Crippen LogP contribution is 2.42. The van der Waals surface area contributed by atoms with E-state index in [9.17, 15) is 18.7 Å². The number of aliphatic hydroxyl groups excluding tert-OH is 1. The molecule has 5 heteroatoms. The monoisotopic (exact) mass is 390 g/mol. The molecule has 2 aromatic rings. The third-order valence-corrected chi connectivity index (χ3v) is 5.41. The molecule has 0 bridgehead atoms. The Morgan fingerprint density at radius 3 is 2.37 bits per heavy atom. The molecular weight excluding hydrogens is 370 g/mol. The fourth-order valence-corrected chi connectivity index (χ4v) is 3.70. The van der Waals surface area contributed by atoms with Gasteiger partial charge in [-0.1, -0.05) is 44.5 Å². The molecule has 0 saturated carbocycles. The van der Waals surface area contributed by atoms with E-state index in [-0.39, 0.29) is 27.7 Å². The van der Waals surface area contributed by atoms with E-state index in [2.05, 4.69) is 0 Å². The maximum Gasteiger partial charge on any atom is 0.166 e. The predicted molar refractivity (Wildman–Crippen MR) is 104 cm³/mol.